The van der Waals surface area contributed by atoms with Crippen LogP contribution >= 0.6 is 0 Å². The molecular weight excluding hydrogens is 342 g/mol. The normalized spacial score (nSPS) is 20.8. The van der Waals surface area contributed by atoms with Crippen LogP contribution in [0.25, 0.3) is 0 Å². The lowest BCUT2D eigenvalue weighted by molar-refractivity contribution is 0.0199. The van der Waals surface area contributed by atoms with Gasteiger partial charge in [-0.3, -0.25) is 0 Å². The van der Waals surface area contributed by atoms with Crippen LogP contribution in [0.5, 0.6) is 5.75 Å². The van der Waals surface area contributed by atoms with Crippen molar-refractivity contribution < 1.29 is 14.1 Å². The van der Waals surface area contributed by atoms with Crippen molar-refractivity contribution in [1.82, 2.24) is 15.8 Å². The Balaban J connectivity index is 1.48. The highest BCUT2D eigenvalue weighted by Crippen LogP contribution is 2.47. The van der Waals surface area contributed by atoms with E-state index < -0.39 is 0 Å². The molecule has 0 unspecified atom stereocenters. The summed E-state index contributed by atoms with van der Waals surface area (Å²) in [5.74, 6) is 1.98. The van der Waals surface area contributed by atoms with Crippen LogP contribution < -0.4 is 15.4 Å². The van der Waals surface area contributed by atoms with E-state index in [0.717, 1.165) is 30.0 Å². The fourth-order valence-electron chi connectivity index (χ4n) is 3.51. The maximum Gasteiger partial charge on any atom is 0.315 e. The van der Waals surface area contributed by atoms with Crippen molar-refractivity contribution in [3.63, 3.8) is 0 Å². The predicted octanol–water partition coefficient (Wildman–Crippen LogP) is 3.92. The molecule has 2 amide bonds. The summed E-state index contributed by atoms with van der Waals surface area (Å²) in [7, 11) is 0. The Morgan fingerprint density at radius 2 is 2.07 bits per heavy atom. The summed E-state index contributed by atoms with van der Waals surface area (Å²) in [6.07, 6.45) is 1.78. The summed E-state index contributed by atoms with van der Waals surface area (Å²) in [4.78, 5) is 11.9. The maximum atomic E-state index is 11.9. The third-order valence-electron chi connectivity index (χ3n) is 5.38. The van der Waals surface area contributed by atoms with Crippen LogP contribution in [0.15, 0.2) is 40.9 Å². The molecule has 0 radical (unpaired) electrons. The lowest BCUT2D eigenvalue weighted by Crippen LogP contribution is -2.60. The Kier molecular flexibility index (Phi) is 5.73. The third-order valence-corrected chi connectivity index (χ3v) is 5.38. The molecule has 1 heterocycles. The van der Waals surface area contributed by atoms with Crippen LogP contribution in [0.3, 0.4) is 0 Å². The summed E-state index contributed by atoms with van der Waals surface area (Å²) >= 11 is 0. The van der Waals surface area contributed by atoms with Gasteiger partial charge in [0.25, 0.3) is 0 Å². The molecule has 1 fully saturated rings. The summed E-state index contributed by atoms with van der Waals surface area (Å²) in [5, 5.41) is 10.2. The van der Waals surface area contributed by atoms with Crippen LogP contribution in [-0.2, 0) is 13.0 Å². The minimum atomic E-state index is -0.0942. The van der Waals surface area contributed by atoms with Crippen molar-refractivity contribution in [3.05, 3.63) is 47.9 Å². The van der Waals surface area contributed by atoms with E-state index in [1.807, 2.05) is 50.2 Å². The number of urea groups is 1. The van der Waals surface area contributed by atoms with E-state index >= 15 is 0 Å². The van der Waals surface area contributed by atoms with E-state index in [9.17, 15) is 4.79 Å². The Morgan fingerprint density at radius 1 is 1.33 bits per heavy atom. The fraction of sp³-hybridized carbons (Fsp3) is 0.524. The smallest absolute Gasteiger partial charge is 0.315 e. The molecule has 1 aromatic heterocycles. The number of ether oxygens (including phenoxy) is 1. The van der Waals surface area contributed by atoms with Gasteiger partial charge < -0.3 is 19.9 Å². The molecule has 1 aliphatic carbocycles. The second kappa shape index (κ2) is 8.03. The number of rotatable bonds is 7. The van der Waals surface area contributed by atoms with Gasteiger partial charge in [0.2, 0.25) is 0 Å². The quantitative estimate of drug-likeness (QED) is 0.773. The standard InChI is InChI=1S/C21H29N3O3/c1-14(2)22-20(25)23-19-11-15(21(19,3)4)10-16-12-18(27-24-16)13-26-17-8-6-5-7-9-17/h5-9,12,14-15,19H,10-11,13H2,1-4H3,(H2,22,23,25)/t15-,19+/m1/s1. The monoisotopic (exact) mass is 371 g/mol. The maximum absolute atomic E-state index is 11.9. The first-order valence-electron chi connectivity index (χ1n) is 9.54. The number of aromatic nitrogens is 1. The van der Waals surface area contributed by atoms with Gasteiger partial charge in [0.15, 0.2) is 5.76 Å². The number of carbonyl (C=O) groups is 1. The molecule has 6 nitrogen and oxygen atoms in total. The molecule has 0 aliphatic heterocycles. The third kappa shape index (κ3) is 4.81. The molecule has 0 bridgehead atoms. The van der Waals surface area contributed by atoms with Gasteiger partial charge in [-0.1, -0.05) is 37.2 Å². The van der Waals surface area contributed by atoms with Crippen molar-refractivity contribution in [2.75, 3.05) is 0 Å². The van der Waals surface area contributed by atoms with Gasteiger partial charge in [0.05, 0.1) is 5.69 Å². The SMILES string of the molecule is CC(C)NC(=O)N[C@H]1C[C@@H](Cc2cc(COc3ccccc3)on2)C1(C)C. The first-order chi connectivity index (χ1) is 12.8. The lowest BCUT2D eigenvalue weighted by Gasteiger charge is -2.52. The van der Waals surface area contributed by atoms with Crippen LogP contribution in [0.2, 0.25) is 0 Å². The number of nitrogens with one attached hydrogen (secondary N) is 2. The Labute approximate surface area is 160 Å². The second-order valence-electron chi connectivity index (χ2n) is 8.17. The zero-order valence-corrected chi connectivity index (χ0v) is 16.5. The highest BCUT2D eigenvalue weighted by molar-refractivity contribution is 5.74. The van der Waals surface area contributed by atoms with E-state index in [1.165, 1.54) is 0 Å². The van der Waals surface area contributed by atoms with Gasteiger partial charge in [-0.05, 0) is 50.2 Å². The number of nitrogens with zero attached hydrogens (tertiary/aromatic N) is 1. The number of carbonyl (C=O) groups excluding carboxylic acids is 1. The van der Waals surface area contributed by atoms with Gasteiger partial charge in [0.1, 0.15) is 12.4 Å². The number of hydrogen-bond donors (Lipinski definition) is 2. The molecular formula is C21H29N3O3. The average molecular weight is 371 g/mol. The average Bonchev–Trinajstić information content (AvgIpc) is 3.07. The van der Waals surface area contributed by atoms with E-state index in [4.69, 9.17) is 9.26 Å². The van der Waals surface area contributed by atoms with Gasteiger partial charge in [-0.2, -0.15) is 0 Å². The molecule has 0 saturated heterocycles. The largest absolute Gasteiger partial charge is 0.486 e. The minimum absolute atomic E-state index is 0.0218. The van der Waals surface area contributed by atoms with Gasteiger partial charge in [0, 0.05) is 18.2 Å². The molecule has 1 aliphatic rings. The summed E-state index contributed by atoms with van der Waals surface area (Å²) < 4.78 is 11.1. The molecule has 0 spiro atoms. The van der Waals surface area contributed by atoms with Crippen LogP contribution in [0.1, 0.15) is 45.6 Å². The molecule has 6 heteroatoms. The number of para-hydroxylation sites is 1. The van der Waals surface area contributed by atoms with Crippen molar-refractivity contribution in [3.8, 4) is 5.75 Å². The molecule has 27 heavy (non-hydrogen) atoms. The molecule has 3 rings (SSSR count). The fourth-order valence-corrected chi connectivity index (χ4v) is 3.51. The van der Waals surface area contributed by atoms with Gasteiger partial charge in [-0.15, -0.1) is 0 Å². The van der Waals surface area contributed by atoms with Crippen molar-refractivity contribution >= 4 is 6.03 Å². The second-order valence-corrected chi connectivity index (χ2v) is 8.17. The number of hydrogen-bond acceptors (Lipinski definition) is 4. The van der Waals surface area contributed by atoms with Gasteiger partial charge >= 0.3 is 6.03 Å². The van der Waals surface area contributed by atoms with Crippen LogP contribution in [0, 0.1) is 11.3 Å². The Bertz CT molecular complexity index is 755. The molecule has 2 atom stereocenters. The van der Waals surface area contributed by atoms with Crippen molar-refractivity contribution in [2.24, 2.45) is 11.3 Å². The molecule has 1 saturated carbocycles. The summed E-state index contributed by atoms with van der Waals surface area (Å²) in [6.45, 7) is 8.67. The zero-order chi connectivity index (χ0) is 19.4. The summed E-state index contributed by atoms with van der Waals surface area (Å²) in [5.41, 5.74) is 0.957. The van der Waals surface area contributed by atoms with E-state index in [-0.39, 0.29) is 23.5 Å². The molecule has 146 valence electrons. The Hall–Kier alpha value is -2.50. The number of benzene rings is 1. The first kappa shape index (κ1) is 19.3. The van der Waals surface area contributed by atoms with Gasteiger partial charge in [-0.25, -0.2) is 4.79 Å². The van der Waals surface area contributed by atoms with E-state index in [0.29, 0.717) is 12.5 Å². The van der Waals surface area contributed by atoms with E-state index in [1.54, 1.807) is 0 Å². The molecule has 2 aromatic rings. The van der Waals surface area contributed by atoms with Crippen molar-refractivity contribution in [1.29, 1.82) is 0 Å². The van der Waals surface area contributed by atoms with Crippen molar-refractivity contribution in [2.45, 2.75) is 59.2 Å². The predicted molar refractivity (Wildman–Crippen MR) is 103 cm³/mol. The molecule has 2 N–H and O–H groups in total. The van der Waals surface area contributed by atoms with E-state index in [2.05, 4.69) is 29.6 Å². The molecule has 1 aromatic carbocycles. The minimum Gasteiger partial charge on any atom is -0.486 e. The van der Waals surface area contributed by atoms with Crippen LogP contribution in [-0.4, -0.2) is 23.3 Å². The number of amides is 2. The summed E-state index contributed by atoms with van der Waals surface area (Å²) in [6, 6.07) is 11.8. The lowest BCUT2D eigenvalue weighted by atomic mass is 9.57. The highest BCUT2D eigenvalue weighted by atomic mass is 16.5. The van der Waals surface area contributed by atoms with Crippen LogP contribution in [0.4, 0.5) is 4.79 Å². The highest BCUT2D eigenvalue weighted by Gasteiger charge is 2.48. The Morgan fingerprint density at radius 3 is 2.74 bits per heavy atom. The topological polar surface area (TPSA) is 76.4 Å². The zero-order valence-electron chi connectivity index (χ0n) is 16.5. The first-order valence-corrected chi connectivity index (χ1v) is 9.54.